The summed E-state index contributed by atoms with van der Waals surface area (Å²) in [6, 6.07) is 7.10. The van der Waals surface area contributed by atoms with Crippen LogP contribution in [0.25, 0.3) is 0 Å². The van der Waals surface area contributed by atoms with Gasteiger partial charge in [-0.1, -0.05) is 23.2 Å². The summed E-state index contributed by atoms with van der Waals surface area (Å²) < 4.78 is 11.9. The number of carboxylic acids is 1. The molecule has 1 atom stereocenters. The standard InChI is InChI=1S/C23H14Cl2O7/c1-8-5-13-20(18(25)19(8)27)31-15-6-10(26)3-4-12(15)23(13)17-9(2)16(21(28)29)14(24)7-11(17)22(30)32-23/h3-7,26-27H,1-2H3,(H,28,29). The fraction of sp³-hybridized carbons (Fsp3) is 0.130. The number of carbonyl (C=O) groups is 2. The van der Waals surface area contributed by atoms with Gasteiger partial charge < -0.3 is 24.8 Å². The first kappa shape index (κ1) is 20.5. The highest BCUT2D eigenvalue weighted by atomic mass is 35.5. The number of hydrogen-bond donors (Lipinski definition) is 3. The van der Waals surface area contributed by atoms with Gasteiger partial charge in [-0.05, 0) is 49.2 Å². The van der Waals surface area contributed by atoms with Crippen LogP contribution in [-0.2, 0) is 10.3 Å². The summed E-state index contributed by atoms with van der Waals surface area (Å²) in [5.41, 5.74) is -0.119. The molecule has 0 radical (unpaired) electrons. The molecule has 3 aromatic rings. The summed E-state index contributed by atoms with van der Waals surface area (Å²) in [5.74, 6) is -2.14. The number of aromatic hydroxyl groups is 2. The maximum absolute atomic E-state index is 13.0. The van der Waals surface area contributed by atoms with E-state index in [0.717, 1.165) is 0 Å². The number of rotatable bonds is 1. The summed E-state index contributed by atoms with van der Waals surface area (Å²) in [6.07, 6.45) is 0. The van der Waals surface area contributed by atoms with Gasteiger partial charge in [0.15, 0.2) is 11.4 Å². The molecule has 1 unspecified atom stereocenters. The number of fused-ring (bicyclic) bond motifs is 6. The van der Waals surface area contributed by atoms with Crippen molar-refractivity contribution >= 4 is 35.1 Å². The topological polar surface area (TPSA) is 113 Å². The molecule has 0 amide bonds. The molecule has 2 heterocycles. The van der Waals surface area contributed by atoms with Gasteiger partial charge >= 0.3 is 11.9 Å². The normalized spacial score (nSPS) is 17.9. The van der Waals surface area contributed by atoms with E-state index in [1.165, 1.54) is 24.3 Å². The van der Waals surface area contributed by atoms with Gasteiger partial charge in [0.2, 0.25) is 0 Å². The third-order valence-corrected chi connectivity index (χ3v) is 6.53. The maximum Gasteiger partial charge on any atom is 0.340 e. The van der Waals surface area contributed by atoms with E-state index < -0.39 is 17.5 Å². The van der Waals surface area contributed by atoms with Crippen LogP contribution in [-0.4, -0.2) is 27.3 Å². The van der Waals surface area contributed by atoms with E-state index in [-0.39, 0.29) is 55.3 Å². The summed E-state index contributed by atoms with van der Waals surface area (Å²) in [5, 5.41) is 30.0. The Morgan fingerprint density at radius 2 is 1.78 bits per heavy atom. The molecule has 1 spiro atoms. The number of carbonyl (C=O) groups excluding carboxylic acids is 1. The Labute approximate surface area is 191 Å². The lowest BCUT2D eigenvalue weighted by molar-refractivity contribution is 0.0223. The van der Waals surface area contributed by atoms with Crippen LogP contribution in [0, 0.1) is 13.8 Å². The Hall–Kier alpha value is -3.42. The fourth-order valence-corrected chi connectivity index (χ4v) is 5.15. The van der Waals surface area contributed by atoms with E-state index >= 15 is 0 Å². The third kappa shape index (κ3) is 2.43. The number of aromatic carboxylic acids is 1. The Bertz CT molecular complexity index is 1400. The van der Waals surface area contributed by atoms with Crippen molar-refractivity contribution in [3.05, 3.63) is 79.3 Å². The van der Waals surface area contributed by atoms with Gasteiger partial charge in [-0.2, -0.15) is 0 Å². The predicted octanol–water partition coefficient (Wildman–Crippen LogP) is 5.29. The number of aryl methyl sites for hydroxylation is 1. The SMILES string of the molecule is Cc1cc2c(c(Cl)c1O)Oc1cc(O)ccc1C21OC(=O)c2cc(Cl)c(C(=O)O)c(C)c21. The highest BCUT2D eigenvalue weighted by Gasteiger charge is 2.56. The number of hydrogen-bond acceptors (Lipinski definition) is 6. The average molecular weight is 473 g/mol. The Balaban J connectivity index is 2.00. The van der Waals surface area contributed by atoms with E-state index in [4.69, 9.17) is 32.7 Å². The molecule has 3 aromatic carbocycles. The van der Waals surface area contributed by atoms with Gasteiger partial charge in [-0.25, -0.2) is 9.59 Å². The summed E-state index contributed by atoms with van der Waals surface area (Å²) in [6.45, 7) is 3.17. The summed E-state index contributed by atoms with van der Waals surface area (Å²) in [7, 11) is 0. The molecule has 0 saturated carbocycles. The van der Waals surface area contributed by atoms with E-state index in [1.54, 1.807) is 19.9 Å². The van der Waals surface area contributed by atoms with Crippen LogP contribution in [0.5, 0.6) is 23.0 Å². The second kappa shape index (κ2) is 6.54. The van der Waals surface area contributed by atoms with Gasteiger partial charge in [-0.15, -0.1) is 0 Å². The van der Waals surface area contributed by atoms with Crippen molar-refractivity contribution in [1.82, 2.24) is 0 Å². The van der Waals surface area contributed by atoms with Gasteiger partial charge in [0.25, 0.3) is 0 Å². The smallest absolute Gasteiger partial charge is 0.340 e. The minimum Gasteiger partial charge on any atom is -0.508 e. The lowest BCUT2D eigenvalue weighted by atomic mass is 9.74. The van der Waals surface area contributed by atoms with Crippen molar-refractivity contribution in [2.45, 2.75) is 19.4 Å². The second-order valence-electron chi connectivity index (χ2n) is 7.67. The molecule has 0 bridgehead atoms. The second-order valence-corrected chi connectivity index (χ2v) is 8.46. The van der Waals surface area contributed by atoms with Crippen LogP contribution in [0.2, 0.25) is 10.0 Å². The zero-order valence-electron chi connectivity index (χ0n) is 16.6. The molecule has 0 aliphatic carbocycles. The minimum atomic E-state index is -1.63. The van der Waals surface area contributed by atoms with Crippen molar-refractivity contribution in [2.24, 2.45) is 0 Å². The monoisotopic (exact) mass is 472 g/mol. The van der Waals surface area contributed by atoms with Gasteiger partial charge in [0.1, 0.15) is 22.3 Å². The zero-order chi connectivity index (χ0) is 23.1. The molecule has 2 aliphatic heterocycles. The number of halogens is 2. The molecule has 0 saturated heterocycles. The number of benzene rings is 3. The number of esters is 1. The van der Waals surface area contributed by atoms with Gasteiger partial charge in [0.05, 0.1) is 16.1 Å². The number of ether oxygens (including phenoxy) is 2. The maximum atomic E-state index is 13.0. The molecule has 0 aromatic heterocycles. The van der Waals surface area contributed by atoms with Crippen LogP contribution in [0.4, 0.5) is 0 Å². The van der Waals surface area contributed by atoms with Crippen LogP contribution in [0.3, 0.4) is 0 Å². The quantitative estimate of drug-likeness (QED) is 0.412. The van der Waals surface area contributed by atoms with Crippen molar-refractivity contribution in [2.75, 3.05) is 0 Å². The largest absolute Gasteiger partial charge is 0.508 e. The number of phenolic OH excluding ortho intramolecular Hbond substituents is 2. The molecule has 3 N–H and O–H groups in total. The van der Waals surface area contributed by atoms with Crippen molar-refractivity contribution in [3.8, 4) is 23.0 Å². The highest BCUT2D eigenvalue weighted by molar-refractivity contribution is 6.34. The fourth-order valence-electron chi connectivity index (χ4n) is 4.53. The Kier molecular flexibility index (Phi) is 4.19. The molecule has 162 valence electrons. The molecule has 0 fully saturated rings. The molecule has 32 heavy (non-hydrogen) atoms. The van der Waals surface area contributed by atoms with E-state index in [2.05, 4.69) is 0 Å². The Morgan fingerprint density at radius 1 is 1.06 bits per heavy atom. The first-order chi connectivity index (χ1) is 15.1. The van der Waals surface area contributed by atoms with Crippen LogP contribution >= 0.6 is 23.2 Å². The minimum absolute atomic E-state index is 0.0275. The summed E-state index contributed by atoms with van der Waals surface area (Å²) in [4.78, 5) is 25.0. The lowest BCUT2D eigenvalue weighted by Gasteiger charge is -2.38. The van der Waals surface area contributed by atoms with E-state index in [0.29, 0.717) is 16.7 Å². The molecule has 2 aliphatic rings. The first-order valence-corrected chi connectivity index (χ1v) is 10.2. The zero-order valence-corrected chi connectivity index (χ0v) is 18.1. The van der Waals surface area contributed by atoms with Crippen LogP contribution < -0.4 is 4.74 Å². The molecule has 5 rings (SSSR count). The predicted molar refractivity (Wildman–Crippen MR) is 114 cm³/mol. The van der Waals surface area contributed by atoms with E-state index in [9.17, 15) is 24.9 Å². The Morgan fingerprint density at radius 3 is 2.47 bits per heavy atom. The van der Waals surface area contributed by atoms with Gasteiger partial charge in [-0.3, -0.25) is 0 Å². The first-order valence-electron chi connectivity index (χ1n) is 9.42. The van der Waals surface area contributed by atoms with E-state index in [1.807, 2.05) is 0 Å². The van der Waals surface area contributed by atoms with Crippen LogP contribution in [0.1, 0.15) is 48.5 Å². The lowest BCUT2D eigenvalue weighted by Crippen LogP contribution is -2.34. The molecule has 9 heteroatoms. The number of phenols is 2. The molecular weight excluding hydrogens is 459 g/mol. The summed E-state index contributed by atoms with van der Waals surface area (Å²) >= 11 is 12.6. The van der Waals surface area contributed by atoms with Crippen molar-refractivity contribution in [1.29, 1.82) is 0 Å². The van der Waals surface area contributed by atoms with Crippen molar-refractivity contribution < 1.29 is 34.4 Å². The molecule has 7 nitrogen and oxygen atoms in total. The van der Waals surface area contributed by atoms with Crippen molar-refractivity contribution in [3.63, 3.8) is 0 Å². The average Bonchev–Trinajstić information content (AvgIpc) is 3.00. The highest BCUT2D eigenvalue weighted by Crippen LogP contribution is 2.60. The van der Waals surface area contributed by atoms with Crippen LogP contribution in [0.15, 0.2) is 30.3 Å². The molecular formula is C23H14Cl2O7. The third-order valence-electron chi connectivity index (χ3n) is 5.88. The number of carboxylic acid groups (broad SMARTS) is 1. The van der Waals surface area contributed by atoms with Gasteiger partial charge in [0, 0.05) is 22.8 Å².